The van der Waals surface area contributed by atoms with Gasteiger partial charge in [0.2, 0.25) is 0 Å². The fraction of sp³-hybridized carbons (Fsp3) is 0.795. The Kier molecular flexibility index (Phi) is 63.0. The Hall–Kier alpha value is -2.15. The van der Waals surface area contributed by atoms with E-state index in [0.29, 0.717) is 59.1 Å². The maximum absolute atomic E-state index is 11.3. The molecule has 0 bridgehead atoms. The predicted octanol–water partition coefficient (Wildman–Crippen LogP) is -1.06. The van der Waals surface area contributed by atoms with Crippen molar-refractivity contribution in [2.45, 2.75) is 93.0 Å². The molecule has 0 saturated heterocycles. The van der Waals surface area contributed by atoms with Crippen LogP contribution in [0.15, 0.2) is 0 Å². The van der Waals surface area contributed by atoms with E-state index in [1.165, 1.54) is 13.8 Å². The van der Waals surface area contributed by atoms with Gasteiger partial charge in [-0.2, -0.15) is 4.79 Å². The average molecular weight is 1140 g/mol. The quantitative estimate of drug-likeness (QED) is 0.0138. The van der Waals surface area contributed by atoms with Gasteiger partial charge in [-0.1, -0.05) is 0 Å². The first-order valence-electron chi connectivity index (χ1n) is 18.6. The normalized spacial score (nSPS) is 10.2. The zero-order chi connectivity index (χ0) is 46.2. The first-order valence-corrected chi connectivity index (χ1v) is 18.6. The van der Waals surface area contributed by atoms with Crippen LogP contribution in [0.25, 0.3) is 5.53 Å². The van der Waals surface area contributed by atoms with E-state index in [9.17, 15) is 28.8 Å². The summed E-state index contributed by atoms with van der Waals surface area (Å²) in [6.45, 7) is 22.3. The molecule has 0 unspecified atom stereocenters. The predicted molar refractivity (Wildman–Crippen MR) is 218 cm³/mol. The molecule has 0 fully saturated rings. The second-order valence-corrected chi connectivity index (χ2v) is 14.6. The zero-order valence-electron chi connectivity index (χ0n) is 39.8. The van der Waals surface area contributed by atoms with Crippen molar-refractivity contribution < 1.29 is 151 Å². The summed E-state index contributed by atoms with van der Waals surface area (Å²) >= 11 is 0. The van der Waals surface area contributed by atoms with Crippen LogP contribution in [-0.2, 0) is 80.9 Å². The van der Waals surface area contributed by atoms with Crippen molar-refractivity contribution in [3.63, 3.8) is 0 Å². The Bertz CT molecular complexity index is 1130. The first-order chi connectivity index (χ1) is 27.3. The van der Waals surface area contributed by atoms with Gasteiger partial charge in [-0.25, -0.2) is 19.2 Å². The van der Waals surface area contributed by atoms with Crippen molar-refractivity contribution in [3.05, 3.63) is 13.0 Å². The number of ketones is 2. The molecule has 0 aromatic rings. The van der Waals surface area contributed by atoms with Crippen molar-refractivity contribution in [3.8, 4) is 0 Å². The average Bonchev–Trinajstić information content (AvgIpc) is 3.06. The fourth-order valence-electron chi connectivity index (χ4n) is 2.98. The number of ether oxygens (including phenoxy) is 11. The van der Waals surface area contributed by atoms with Gasteiger partial charge in [-0.05, 0) is 76.2 Å². The van der Waals surface area contributed by atoms with Crippen molar-refractivity contribution in [2.24, 2.45) is 0 Å². The van der Waals surface area contributed by atoms with Gasteiger partial charge in [0.1, 0.15) is 49.8 Å². The number of aliphatic hydroxyl groups is 1. The Morgan fingerprint density at radius 3 is 1.03 bits per heavy atom. The summed E-state index contributed by atoms with van der Waals surface area (Å²) in [6.07, 6.45) is 0.714. The van der Waals surface area contributed by atoms with E-state index in [4.69, 9.17) is 67.8 Å². The van der Waals surface area contributed by atoms with Gasteiger partial charge in [-0.3, -0.25) is 9.59 Å². The smallest absolute Gasteiger partial charge is 0.870 e. The minimum absolute atomic E-state index is 0. The molecule has 3 N–H and O–H groups in total. The second-order valence-electron chi connectivity index (χ2n) is 14.6. The molecule has 366 valence electrons. The Balaban J connectivity index is -0.000000108. The zero-order valence-corrected chi connectivity index (χ0v) is 43.9. The maximum atomic E-state index is 11.3. The van der Waals surface area contributed by atoms with Crippen molar-refractivity contribution in [1.82, 2.24) is 0 Å². The van der Waals surface area contributed by atoms with Gasteiger partial charge >= 0.3 is 49.0 Å². The molecule has 63 heavy (non-hydrogen) atoms. The largest absolute Gasteiger partial charge is 1.00 e. The number of esters is 3. The third-order valence-corrected chi connectivity index (χ3v) is 4.78. The molecule has 0 spiro atoms. The number of hydrogen-bond acceptors (Lipinski definition) is 19. The number of rotatable bonds is 28. The van der Waals surface area contributed by atoms with Gasteiger partial charge < -0.3 is 80.8 Å². The van der Waals surface area contributed by atoms with E-state index in [-0.39, 0.29) is 134 Å². The van der Waals surface area contributed by atoms with Crippen LogP contribution in [0.2, 0.25) is 0 Å². The summed E-state index contributed by atoms with van der Waals surface area (Å²) in [4.78, 5) is 66.5. The number of hydrogen-bond donors (Lipinski definition) is 2. The van der Waals surface area contributed by atoms with Gasteiger partial charge in [0, 0.05) is 31.1 Å². The fourth-order valence-corrected chi connectivity index (χ4v) is 2.98. The van der Waals surface area contributed by atoms with Crippen molar-refractivity contribution in [2.75, 3.05) is 112 Å². The van der Waals surface area contributed by atoms with Gasteiger partial charge in [0.05, 0.1) is 79.3 Å². The Morgan fingerprint density at radius 2 is 0.778 bits per heavy atom. The maximum Gasteiger partial charge on any atom is 1.00 e. The van der Waals surface area contributed by atoms with E-state index < -0.39 is 40.7 Å². The van der Waals surface area contributed by atoms with E-state index in [1.54, 1.807) is 62.3 Å². The molecule has 0 aliphatic rings. The van der Waals surface area contributed by atoms with Gasteiger partial charge in [0.15, 0.2) is 11.6 Å². The van der Waals surface area contributed by atoms with Crippen molar-refractivity contribution in [1.29, 1.82) is 0 Å². The summed E-state index contributed by atoms with van der Waals surface area (Å²) in [7, 11) is 0. The van der Waals surface area contributed by atoms with E-state index in [1.807, 2.05) is 0 Å². The van der Waals surface area contributed by atoms with E-state index in [0.717, 1.165) is 0 Å². The second kappa shape index (κ2) is 50.8. The SMILES string of the molecule is CC(=O)COCCOCCO.CC(=O)COCCOCCOCC(=O)OC(C)(C)C.CC(C)(C)OC(=O)C=[N+]=[N-].CC(C)(C)OC(=O)COCCOCCOCC(=O)O.[CH3-].[Li+].[OH-].[U]. The molecule has 0 aromatic carbocycles. The summed E-state index contributed by atoms with van der Waals surface area (Å²) in [5.74, 6) is -2.47. The van der Waals surface area contributed by atoms with E-state index >= 15 is 0 Å². The number of carboxylic acids is 1. The van der Waals surface area contributed by atoms with E-state index in [2.05, 4.69) is 4.79 Å². The van der Waals surface area contributed by atoms with Gasteiger partial charge in [0.25, 0.3) is 0 Å². The van der Waals surface area contributed by atoms with Crippen LogP contribution in [0.3, 0.4) is 0 Å². The summed E-state index contributed by atoms with van der Waals surface area (Å²) in [5, 5.41) is 16.6. The Labute approximate surface area is 409 Å². The topological polar surface area (TPSA) is 311 Å². The van der Waals surface area contributed by atoms with Crippen LogP contribution >= 0.6 is 0 Å². The number of aliphatic carboxylic acids is 1. The van der Waals surface area contributed by atoms with Crippen molar-refractivity contribution >= 4 is 41.7 Å². The Morgan fingerprint density at radius 1 is 0.508 bits per heavy atom. The van der Waals surface area contributed by atoms with Crippen LogP contribution in [0.4, 0.5) is 0 Å². The van der Waals surface area contributed by atoms with Crippen LogP contribution in [0.1, 0.15) is 76.2 Å². The molecule has 0 aliphatic heterocycles. The number of carboxylic acid groups (broad SMARTS) is 1. The van der Waals surface area contributed by atoms with Crippen LogP contribution < -0.4 is 18.9 Å². The molecule has 0 amide bonds. The molecular formula is C39H74LiN2O20U-. The molecule has 0 aliphatic carbocycles. The molecular weight excluding hydrogens is 1060 g/mol. The number of carbonyl (C=O) groups is 6. The molecule has 0 radical (unpaired) electrons. The number of aliphatic hydroxyl groups excluding tert-OH is 1. The minimum Gasteiger partial charge on any atom is -0.870 e. The molecule has 0 atom stereocenters. The molecule has 22 nitrogen and oxygen atoms in total. The monoisotopic (exact) mass is 1140 g/mol. The standard InChI is InChI=1S/C13H24O6.C12H22O7.C7H14O4.C6H10N2O2.CH3.Li.H2O.U/c1-11(14)9-17-7-5-16-6-8-18-10-12(15)19-13(2,3)4;1-12(2,3)19-11(15)9-18-7-5-16-4-6-17-8-10(13)14;1-7(9)6-11-5-4-10-3-2-8;1-6(2,3)10-5(9)4-8-7;;;;/h5-10H2,1-4H3;4-9H2,1-3H3,(H,13,14);8H,2-6H2,1H3;4H,1-3H3;1H3;;1H2;/q;;;;-1;+1;;/p-1. The molecule has 0 rings (SSSR count). The van der Waals surface area contributed by atoms with Crippen LogP contribution in [-0.4, -0.2) is 191 Å². The van der Waals surface area contributed by atoms with Crippen LogP contribution in [0, 0.1) is 38.5 Å². The number of Topliss-reactive ketones (excluding diaryl/α,β-unsaturated/α-hetero) is 2. The summed E-state index contributed by atoms with van der Waals surface area (Å²) < 4.78 is 54.8. The number of nitrogens with zero attached hydrogens (tertiary/aromatic N) is 2. The number of carbonyl (C=O) groups excluding carboxylic acids is 5. The summed E-state index contributed by atoms with van der Waals surface area (Å²) in [5.41, 5.74) is 6.36. The first kappa shape index (κ1) is 78.0. The van der Waals surface area contributed by atoms with Gasteiger partial charge in [-0.15, -0.1) is 0 Å². The summed E-state index contributed by atoms with van der Waals surface area (Å²) in [6, 6.07) is 0. The minimum atomic E-state index is -1.01. The molecule has 0 heterocycles. The molecule has 0 aromatic heterocycles. The third-order valence-electron chi connectivity index (χ3n) is 4.78. The van der Waals surface area contributed by atoms with Crippen LogP contribution in [0.5, 0.6) is 0 Å². The third kappa shape index (κ3) is 87.5. The molecule has 24 heteroatoms. The molecule has 0 saturated carbocycles.